The second-order valence-corrected chi connectivity index (χ2v) is 7.07. The van der Waals surface area contributed by atoms with Crippen molar-refractivity contribution in [1.82, 2.24) is 0 Å². The lowest BCUT2D eigenvalue weighted by atomic mass is 9.45. The molecule has 3 unspecified atom stereocenters. The zero-order valence-corrected chi connectivity index (χ0v) is 10.2. The molecule has 0 aromatic rings. The summed E-state index contributed by atoms with van der Waals surface area (Å²) in [5.74, 6) is 1.33. The fourth-order valence-corrected chi connectivity index (χ4v) is 5.42. The first-order valence-corrected chi connectivity index (χ1v) is 6.77. The molecule has 5 aliphatic rings. The van der Waals surface area contributed by atoms with E-state index in [9.17, 15) is 4.39 Å². The average molecular weight is 235 g/mol. The molecule has 0 aromatic heterocycles. The number of rotatable bonds is 0. The fraction of sp³-hybridized carbons (Fsp3) is 0.929. The zero-order valence-electron chi connectivity index (χ0n) is 10.2. The molecule has 1 saturated heterocycles. The van der Waals surface area contributed by atoms with Gasteiger partial charge in [-0.15, -0.1) is 0 Å². The van der Waals surface area contributed by atoms with Gasteiger partial charge in [0.05, 0.1) is 11.7 Å². The Morgan fingerprint density at radius 2 is 1.82 bits per heavy atom. The number of ether oxygens (including phenoxy) is 1. The van der Waals surface area contributed by atoms with E-state index in [0.717, 1.165) is 25.7 Å². The SMILES string of the molecule is C[C@@]1(C#N)CC2(O1)[C@@H]1CC3C[C@H]2CC(F)(C3)C1. The van der Waals surface area contributed by atoms with Crippen LogP contribution < -0.4 is 0 Å². The fourth-order valence-electron chi connectivity index (χ4n) is 5.42. The predicted molar refractivity (Wildman–Crippen MR) is 59.8 cm³/mol. The molecule has 6 atom stereocenters. The number of alkyl halides is 1. The lowest BCUT2D eigenvalue weighted by Crippen LogP contribution is -2.72. The van der Waals surface area contributed by atoms with Crippen LogP contribution >= 0.6 is 0 Å². The molecule has 3 heteroatoms. The van der Waals surface area contributed by atoms with Gasteiger partial charge in [-0.1, -0.05) is 0 Å². The van der Waals surface area contributed by atoms with E-state index in [4.69, 9.17) is 10.00 Å². The first kappa shape index (κ1) is 10.3. The highest BCUT2D eigenvalue weighted by atomic mass is 19.1. The number of nitrogens with zero attached hydrogens (tertiary/aromatic N) is 1. The highest BCUT2D eigenvalue weighted by molar-refractivity contribution is 5.23. The molecule has 1 spiro atoms. The molecule has 0 aromatic carbocycles. The van der Waals surface area contributed by atoms with Gasteiger partial charge in [0.25, 0.3) is 0 Å². The zero-order chi connectivity index (χ0) is 11.9. The first-order chi connectivity index (χ1) is 7.97. The van der Waals surface area contributed by atoms with Gasteiger partial charge in [0, 0.05) is 6.42 Å². The highest BCUT2D eigenvalue weighted by Gasteiger charge is 2.70. The first-order valence-electron chi connectivity index (χ1n) is 6.77. The molecule has 1 aliphatic heterocycles. The molecule has 2 nitrogen and oxygen atoms in total. The van der Waals surface area contributed by atoms with E-state index in [1.54, 1.807) is 0 Å². The molecule has 4 bridgehead atoms. The summed E-state index contributed by atoms with van der Waals surface area (Å²) >= 11 is 0. The standard InChI is InChI=1S/C14H18FNO/c1-12(8-16)7-14(17-12)10-2-9-3-11(14)6-13(15,4-9)5-10/h9-11H,2-7H2,1H3/t9?,10-,11+,12-,13?,14?/m0/s1. The lowest BCUT2D eigenvalue weighted by Gasteiger charge is -2.68. The van der Waals surface area contributed by atoms with Gasteiger partial charge in [-0.25, -0.2) is 4.39 Å². The van der Waals surface area contributed by atoms with Crippen LogP contribution in [-0.4, -0.2) is 16.9 Å². The minimum absolute atomic E-state index is 0.128. The van der Waals surface area contributed by atoms with Crippen molar-refractivity contribution in [3.8, 4) is 6.07 Å². The molecular formula is C14H18FNO. The van der Waals surface area contributed by atoms with Crippen LogP contribution in [0, 0.1) is 29.1 Å². The van der Waals surface area contributed by atoms with Gasteiger partial charge < -0.3 is 4.74 Å². The molecule has 4 saturated carbocycles. The second kappa shape index (κ2) is 2.69. The highest BCUT2D eigenvalue weighted by Crippen LogP contribution is 2.67. The topological polar surface area (TPSA) is 33.0 Å². The number of nitriles is 1. The summed E-state index contributed by atoms with van der Waals surface area (Å²) in [5, 5.41) is 9.08. The van der Waals surface area contributed by atoms with E-state index in [0.29, 0.717) is 30.6 Å². The van der Waals surface area contributed by atoms with Crippen molar-refractivity contribution in [2.24, 2.45) is 17.8 Å². The van der Waals surface area contributed by atoms with Crippen molar-refractivity contribution in [2.45, 2.75) is 62.3 Å². The molecule has 5 fully saturated rings. The third-order valence-electron chi connectivity index (χ3n) is 5.76. The monoisotopic (exact) mass is 235 g/mol. The van der Waals surface area contributed by atoms with Crippen LogP contribution in [0.5, 0.6) is 0 Å². The lowest BCUT2D eigenvalue weighted by molar-refractivity contribution is -0.335. The maximum Gasteiger partial charge on any atom is 0.155 e. The van der Waals surface area contributed by atoms with Crippen LogP contribution in [-0.2, 0) is 4.74 Å². The average Bonchev–Trinajstić information content (AvgIpc) is 2.20. The van der Waals surface area contributed by atoms with Crippen molar-refractivity contribution in [2.75, 3.05) is 0 Å². The Balaban J connectivity index is 1.67. The van der Waals surface area contributed by atoms with Crippen molar-refractivity contribution in [3.63, 3.8) is 0 Å². The summed E-state index contributed by atoms with van der Waals surface area (Å²) in [6, 6.07) is 2.25. The van der Waals surface area contributed by atoms with Crippen molar-refractivity contribution in [3.05, 3.63) is 0 Å². The summed E-state index contributed by atoms with van der Waals surface area (Å²) in [6.45, 7) is 1.87. The van der Waals surface area contributed by atoms with Gasteiger partial charge in [-0.3, -0.25) is 0 Å². The van der Waals surface area contributed by atoms with Crippen molar-refractivity contribution >= 4 is 0 Å². The summed E-state index contributed by atoms with van der Waals surface area (Å²) in [4.78, 5) is 0. The van der Waals surface area contributed by atoms with Crippen LogP contribution in [0.4, 0.5) is 4.39 Å². The second-order valence-electron chi connectivity index (χ2n) is 7.07. The Kier molecular flexibility index (Phi) is 1.63. The van der Waals surface area contributed by atoms with Gasteiger partial charge in [0.2, 0.25) is 0 Å². The van der Waals surface area contributed by atoms with Crippen molar-refractivity contribution < 1.29 is 9.13 Å². The molecule has 5 rings (SSSR count). The molecule has 17 heavy (non-hydrogen) atoms. The maximum atomic E-state index is 14.5. The molecular weight excluding hydrogens is 217 g/mol. The number of hydrogen-bond donors (Lipinski definition) is 0. The third-order valence-corrected chi connectivity index (χ3v) is 5.76. The maximum absolute atomic E-state index is 14.5. The van der Waals surface area contributed by atoms with Crippen LogP contribution in [0.3, 0.4) is 0 Å². The third kappa shape index (κ3) is 1.13. The number of halogens is 1. The largest absolute Gasteiger partial charge is 0.353 e. The summed E-state index contributed by atoms with van der Waals surface area (Å²) in [7, 11) is 0. The van der Waals surface area contributed by atoms with E-state index < -0.39 is 11.3 Å². The minimum atomic E-state index is -0.899. The van der Waals surface area contributed by atoms with Crippen molar-refractivity contribution in [1.29, 1.82) is 5.26 Å². The smallest absolute Gasteiger partial charge is 0.155 e. The Bertz CT molecular complexity index is 402. The normalized spacial score (nSPS) is 63.5. The predicted octanol–water partition coefficient (Wildman–Crippen LogP) is 2.98. The quantitative estimate of drug-likeness (QED) is 0.646. The van der Waals surface area contributed by atoms with Crippen LogP contribution in [0.25, 0.3) is 0 Å². The van der Waals surface area contributed by atoms with Gasteiger partial charge in [-0.2, -0.15) is 5.26 Å². The van der Waals surface area contributed by atoms with E-state index in [1.807, 2.05) is 6.92 Å². The molecule has 92 valence electrons. The summed E-state index contributed by atoms with van der Waals surface area (Å²) in [6.07, 6.45) is 5.23. The van der Waals surface area contributed by atoms with E-state index in [2.05, 4.69) is 6.07 Å². The van der Waals surface area contributed by atoms with E-state index >= 15 is 0 Å². The molecule has 0 N–H and O–H groups in total. The molecule has 1 heterocycles. The summed E-state index contributed by atoms with van der Waals surface area (Å²) in [5.41, 5.74) is -1.63. The molecule has 0 amide bonds. The Morgan fingerprint density at radius 1 is 1.24 bits per heavy atom. The number of hydrogen-bond acceptors (Lipinski definition) is 2. The van der Waals surface area contributed by atoms with Crippen LogP contribution in [0.15, 0.2) is 0 Å². The van der Waals surface area contributed by atoms with Crippen LogP contribution in [0.1, 0.15) is 45.4 Å². The van der Waals surface area contributed by atoms with E-state index in [-0.39, 0.29) is 5.60 Å². The summed E-state index contributed by atoms with van der Waals surface area (Å²) < 4.78 is 20.6. The van der Waals surface area contributed by atoms with Gasteiger partial charge in [-0.05, 0) is 56.8 Å². The van der Waals surface area contributed by atoms with Gasteiger partial charge in [0.1, 0.15) is 5.67 Å². The Hall–Kier alpha value is -0.620. The Morgan fingerprint density at radius 3 is 2.29 bits per heavy atom. The molecule has 4 aliphatic carbocycles. The van der Waals surface area contributed by atoms with Gasteiger partial charge >= 0.3 is 0 Å². The minimum Gasteiger partial charge on any atom is -0.353 e. The molecule has 0 radical (unpaired) electrons. The Labute approximate surface area is 101 Å². The van der Waals surface area contributed by atoms with Crippen LogP contribution in [0.2, 0.25) is 0 Å². The van der Waals surface area contributed by atoms with Gasteiger partial charge in [0.15, 0.2) is 5.60 Å². The van der Waals surface area contributed by atoms with E-state index in [1.165, 1.54) is 0 Å².